The standard InChI is InChI=1S/C14H19NO3/c1-7-4-9(5-8(2)13(7)18-3)12(15)10-6-11(10)14(16)17/h4-5,10-12H,6,15H2,1-3H3,(H,16,17). The number of carbonyl (C=O) groups is 1. The molecule has 0 amide bonds. The van der Waals surface area contributed by atoms with Crippen LogP contribution in [0, 0.1) is 25.7 Å². The van der Waals surface area contributed by atoms with Crippen molar-refractivity contribution in [3.8, 4) is 5.75 Å². The molecule has 0 aliphatic heterocycles. The minimum Gasteiger partial charge on any atom is -0.496 e. The summed E-state index contributed by atoms with van der Waals surface area (Å²) in [6.07, 6.45) is 0.681. The molecule has 1 aromatic rings. The van der Waals surface area contributed by atoms with E-state index in [1.807, 2.05) is 26.0 Å². The van der Waals surface area contributed by atoms with Gasteiger partial charge in [0.15, 0.2) is 0 Å². The Bertz CT molecular complexity index is 461. The summed E-state index contributed by atoms with van der Waals surface area (Å²) in [6.45, 7) is 3.95. The first-order valence-corrected chi connectivity index (χ1v) is 6.09. The third kappa shape index (κ3) is 2.20. The van der Waals surface area contributed by atoms with Crippen molar-refractivity contribution in [3.05, 3.63) is 28.8 Å². The smallest absolute Gasteiger partial charge is 0.306 e. The maximum absolute atomic E-state index is 10.9. The summed E-state index contributed by atoms with van der Waals surface area (Å²) < 4.78 is 5.31. The molecule has 0 heterocycles. The zero-order valence-electron chi connectivity index (χ0n) is 10.9. The summed E-state index contributed by atoms with van der Waals surface area (Å²) in [4.78, 5) is 10.9. The highest BCUT2D eigenvalue weighted by Crippen LogP contribution is 2.47. The van der Waals surface area contributed by atoms with E-state index in [-0.39, 0.29) is 17.9 Å². The van der Waals surface area contributed by atoms with E-state index < -0.39 is 5.97 Å². The first-order chi connectivity index (χ1) is 8.45. The van der Waals surface area contributed by atoms with Gasteiger partial charge in [-0.05, 0) is 42.9 Å². The molecule has 1 aromatic carbocycles. The van der Waals surface area contributed by atoms with Gasteiger partial charge in [0, 0.05) is 6.04 Å². The average Bonchev–Trinajstić information content (AvgIpc) is 3.07. The summed E-state index contributed by atoms with van der Waals surface area (Å²) in [7, 11) is 1.65. The summed E-state index contributed by atoms with van der Waals surface area (Å²) in [5.74, 6) is -0.0775. The minimum atomic E-state index is -0.739. The number of carboxylic acids is 1. The van der Waals surface area contributed by atoms with E-state index in [2.05, 4.69) is 0 Å². The van der Waals surface area contributed by atoms with Gasteiger partial charge in [-0.1, -0.05) is 12.1 Å². The van der Waals surface area contributed by atoms with Crippen LogP contribution in [0.4, 0.5) is 0 Å². The Balaban J connectivity index is 2.22. The van der Waals surface area contributed by atoms with Crippen LogP contribution < -0.4 is 10.5 Å². The number of aryl methyl sites for hydroxylation is 2. The summed E-state index contributed by atoms with van der Waals surface area (Å²) >= 11 is 0. The molecule has 4 nitrogen and oxygen atoms in total. The predicted octanol–water partition coefficient (Wildman–Crippen LogP) is 2.03. The molecule has 18 heavy (non-hydrogen) atoms. The van der Waals surface area contributed by atoms with E-state index >= 15 is 0 Å². The maximum Gasteiger partial charge on any atom is 0.306 e. The highest BCUT2D eigenvalue weighted by molar-refractivity contribution is 5.73. The SMILES string of the molecule is COc1c(C)cc(C(N)C2CC2C(=O)O)cc1C. The van der Waals surface area contributed by atoms with E-state index in [0.29, 0.717) is 6.42 Å². The van der Waals surface area contributed by atoms with E-state index in [0.717, 1.165) is 22.4 Å². The van der Waals surface area contributed by atoms with Crippen LogP contribution in [0.3, 0.4) is 0 Å². The van der Waals surface area contributed by atoms with Crippen molar-refractivity contribution in [1.82, 2.24) is 0 Å². The van der Waals surface area contributed by atoms with Crippen LogP contribution in [-0.4, -0.2) is 18.2 Å². The molecule has 0 bridgehead atoms. The molecule has 4 heteroatoms. The minimum absolute atomic E-state index is 0.0645. The Kier molecular flexibility index (Phi) is 3.30. The zero-order valence-corrected chi connectivity index (χ0v) is 10.9. The second-order valence-corrected chi connectivity index (χ2v) is 5.06. The van der Waals surface area contributed by atoms with Crippen LogP contribution in [0.25, 0.3) is 0 Å². The second kappa shape index (κ2) is 4.61. The van der Waals surface area contributed by atoms with Crippen LogP contribution >= 0.6 is 0 Å². The molecule has 3 N–H and O–H groups in total. The van der Waals surface area contributed by atoms with Crippen molar-refractivity contribution in [1.29, 1.82) is 0 Å². The normalized spacial score (nSPS) is 23.6. The molecule has 1 aliphatic rings. The lowest BCUT2D eigenvalue weighted by atomic mass is 9.97. The number of rotatable bonds is 4. The molecule has 3 atom stereocenters. The molecule has 1 fully saturated rings. The van der Waals surface area contributed by atoms with E-state index in [4.69, 9.17) is 15.6 Å². The van der Waals surface area contributed by atoms with Crippen molar-refractivity contribution >= 4 is 5.97 Å². The van der Waals surface area contributed by atoms with E-state index in [1.54, 1.807) is 7.11 Å². The number of aliphatic carboxylic acids is 1. The third-order valence-corrected chi connectivity index (χ3v) is 3.69. The van der Waals surface area contributed by atoms with Gasteiger partial charge in [0.25, 0.3) is 0 Å². The van der Waals surface area contributed by atoms with Gasteiger partial charge in [0.05, 0.1) is 13.0 Å². The van der Waals surface area contributed by atoms with E-state index in [1.165, 1.54) is 0 Å². The lowest BCUT2D eigenvalue weighted by Crippen LogP contribution is -2.16. The van der Waals surface area contributed by atoms with Gasteiger partial charge in [-0.3, -0.25) is 4.79 Å². The molecule has 0 radical (unpaired) electrons. The topological polar surface area (TPSA) is 72.5 Å². The molecular weight excluding hydrogens is 230 g/mol. The Morgan fingerprint density at radius 2 is 2.00 bits per heavy atom. The van der Waals surface area contributed by atoms with Crippen molar-refractivity contribution in [3.63, 3.8) is 0 Å². The number of hydrogen-bond donors (Lipinski definition) is 2. The zero-order chi connectivity index (χ0) is 13.4. The van der Waals surface area contributed by atoms with Crippen molar-refractivity contribution in [2.75, 3.05) is 7.11 Å². The monoisotopic (exact) mass is 249 g/mol. The first kappa shape index (κ1) is 12.9. The van der Waals surface area contributed by atoms with Crippen LogP contribution in [0.15, 0.2) is 12.1 Å². The fourth-order valence-electron chi connectivity index (χ4n) is 2.64. The number of nitrogens with two attached hydrogens (primary N) is 1. The van der Waals surface area contributed by atoms with Gasteiger partial charge in [0.2, 0.25) is 0 Å². The quantitative estimate of drug-likeness (QED) is 0.856. The summed E-state index contributed by atoms with van der Waals surface area (Å²) in [6, 6.07) is 3.79. The largest absolute Gasteiger partial charge is 0.496 e. The van der Waals surface area contributed by atoms with Gasteiger partial charge in [-0.25, -0.2) is 0 Å². The number of methoxy groups -OCH3 is 1. The fraction of sp³-hybridized carbons (Fsp3) is 0.500. The van der Waals surface area contributed by atoms with Crippen LogP contribution in [0.5, 0.6) is 5.75 Å². The van der Waals surface area contributed by atoms with Gasteiger partial charge < -0.3 is 15.6 Å². The van der Waals surface area contributed by atoms with Gasteiger partial charge in [-0.2, -0.15) is 0 Å². The Morgan fingerprint density at radius 1 is 1.44 bits per heavy atom. The third-order valence-electron chi connectivity index (χ3n) is 3.69. The van der Waals surface area contributed by atoms with Gasteiger partial charge >= 0.3 is 5.97 Å². The second-order valence-electron chi connectivity index (χ2n) is 5.06. The number of ether oxygens (including phenoxy) is 1. The van der Waals surface area contributed by atoms with Crippen LogP contribution in [0.2, 0.25) is 0 Å². The number of carboxylic acid groups (broad SMARTS) is 1. The molecule has 0 saturated heterocycles. The van der Waals surface area contributed by atoms with Crippen molar-refractivity contribution < 1.29 is 14.6 Å². The summed E-state index contributed by atoms with van der Waals surface area (Å²) in [5, 5.41) is 8.94. The van der Waals surface area contributed by atoms with Crippen molar-refractivity contribution in [2.45, 2.75) is 26.3 Å². The average molecular weight is 249 g/mol. The molecule has 0 aromatic heterocycles. The van der Waals surface area contributed by atoms with Crippen LogP contribution in [0.1, 0.15) is 29.2 Å². The Hall–Kier alpha value is -1.55. The Labute approximate surface area is 107 Å². The highest BCUT2D eigenvalue weighted by Gasteiger charge is 2.47. The molecule has 2 rings (SSSR count). The number of benzene rings is 1. The van der Waals surface area contributed by atoms with Gasteiger partial charge in [0.1, 0.15) is 5.75 Å². The molecule has 0 spiro atoms. The molecule has 1 saturated carbocycles. The molecule has 1 aliphatic carbocycles. The first-order valence-electron chi connectivity index (χ1n) is 6.09. The molecule has 98 valence electrons. The Morgan fingerprint density at radius 3 is 2.39 bits per heavy atom. The van der Waals surface area contributed by atoms with Crippen LogP contribution in [-0.2, 0) is 4.79 Å². The lowest BCUT2D eigenvalue weighted by molar-refractivity contribution is -0.138. The van der Waals surface area contributed by atoms with Gasteiger partial charge in [-0.15, -0.1) is 0 Å². The highest BCUT2D eigenvalue weighted by atomic mass is 16.5. The predicted molar refractivity (Wildman–Crippen MR) is 68.6 cm³/mol. The van der Waals surface area contributed by atoms with E-state index in [9.17, 15) is 4.79 Å². The van der Waals surface area contributed by atoms with Crippen molar-refractivity contribution in [2.24, 2.45) is 17.6 Å². The fourth-order valence-corrected chi connectivity index (χ4v) is 2.64. The molecular formula is C14H19NO3. The lowest BCUT2D eigenvalue weighted by Gasteiger charge is -2.16. The number of hydrogen-bond acceptors (Lipinski definition) is 3. The maximum atomic E-state index is 10.9. The molecule has 3 unspecified atom stereocenters. The summed E-state index contributed by atoms with van der Waals surface area (Å²) in [5.41, 5.74) is 9.23.